The Kier molecular flexibility index (Phi) is 8.59. The number of benzene rings is 3. The SMILES string of the molecule is CCCCOC(=O)c1c(C)cc(OC(=O)c2c(C)cc(OCc3ccccc3)c(C)c2O)c(C)c1O. The van der Waals surface area contributed by atoms with E-state index in [2.05, 4.69) is 0 Å². The lowest BCUT2D eigenvalue weighted by Gasteiger charge is -2.17. The van der Waals surface area contributed by atoms with Crippen molar-refractivity contribution in [2.45, 2.75) is 54.1 Å². The molecule has 0 aliphatic heterocycles. The van der Waals surface area contributed by atoms with Crippen molar-refractivity contribution >= 4 is 11.9 Å². The molecule has 0 amide bonds. The van der Waals surface area contributed by atoms with E-state index in [4.69, 9.17) is 14.2 Å². The van der Waals surface area contributed by atoms with Crippen molar-refractivity contribution in [1.82, 2.24) is 0 Å². The summed E-state index contributed by atoms with van der Waals surface area (Å²) in [5.41, 5.74) is 2.51. The first-order valence-corrected chi connectivity index (χ1v) is 11.9. The molecule has 7 nitrogen and oxygen atoms in total. The van der Waals surface area contributed by atoms with E-state index in [0.29, 0.717) is 29.0 Å². The summed E-state index contributed by atoms with van der Waals surface area (Å²) in [7, 11) is 0. The summed E-state index contributed by atoms with van der Waals surface area (Å²) in [6.45, 7) is 9.05. The monoisotopic (exact) mass is 492 g/mol. The minimum absolute atomic E-state index is 0.000782. The molecular weight excluding hydrogens is 460 g/mol. The van der Waals surface area contributed by atoms with Crippen molar-refractivity contribution in [2.24, 2.45) is 0 Å². The lowest BCUT2D eigenvalue weighted by molar-refractivity contribution is 0.0495. The van der Waals surface area contributed by atoms with E-state index >= 15 is 0 Å². The van der Waals surface area contributed by atoms with Gasteiger partial charge in [0.15, 0.2) is 0 Å². The highest BCUT2D eigenvalue weighted by atomic mass is 16.5. The number of carbonyl (C=O) groups is 2. The molecular formula is C29H32O7. The molecule has 2 N–H and O–H groups in total. The largest absolute Gasteiger partial charge is 0.507 e. The summed E-state index contributed by atoms with van der Waals surface area (Å²) in [5, 5.41) is 21.5. The summed E-state index contributed by atoms with van der Waals surface area (Å²) in [6, 6.07) is 12.8. The van der Waals surface area contributed by atoms with Gasteiger partial charge in [-0.3, -0.25) is 0 Å². The fourth-order valence-corrected chi connectivity index (χ4v) is 3.77. The quantitative estimate of drug-likeness (QED) is 0.212. The van der Waals surface area contributed by atoms with Gasteiger partial charge in [-0.05, 0) is 62.9 Å². The van der Waals surface area contributed by atoms with Crippen LogP contribution in [0.25, 0.3) is 0 Å². The van der Waals surface area contributed by atoms with Gasteiger partial charge in [-0.25, -0.2) is 9.59 Å². The predicted molar refractivity (Wildman–Crippen MR) is 136 cm³/mol. The first-order chi connectivity index (χ1) is 17.1. The second-order valence-corrected chi connectivity index (χ2v) is 8.73. The van der Waals surface area contributed by atoms with Gasteiger partial charge < -0.3 is 24.4 Å². The number of hydrogen-bond donors (Lipinski definition) is 2. The Labute approximate surface area is 211 Å². The second kappa shape index (κ2) is 11.6. The van der Waals surface area contributed by atoms with Gasteiger partial charge in [-0.2, -0.15) is 0 Å². The van der Waals surface area contributed by atoms with Crippen molar-refractivity contribution in [3.8, 4) is 23.0 Å². The summed E-state index contributed by atoms with van der Waals surface area (Å²) >= 11 is 0. The second-order valence-electron chi connectivity index (χ2n) is 8.73. The van der Waals surface area contributed by atoms with E-state index in [1.807, 2.05) is 37.3 Å². The lowest BCUT2D eigenvalue weighted by Crippen LogP contribution is -2.14. The maximum atomic E-state index is 13.1. The van der Waals surface area contributed by atoms with E-state index in [1.165, 1.54) is 6.07 Å². The van der Waals surface area contributed by atoms with Gasteiger partial charge >= 0.3 is 11.9 Å². The van der Waals surface area contributed by atoms with E-state index in [9.17, 15) is 19.8 Å². The summed E-state index contributed by atoms with van der Waals surface area (Å²) < 4.78 is 16.7. The van der Waals surface area contributed by atoms with E-state index in [-0.39, 0.29) is 40.5 Å². The predicted octanol–water partition coefficient (Wildman–Crippen LogP) is 6.09. The summed E-state index contributed by atoms with van der Waals surface area (Å²) in [4.78, 5) is 25.5. The Bertz CT molecular complexity index is 1260. The van der Waals surface area contributed by atoms with Crippen molar-refractivity contribution in [1.29, 1.82) is 0 Å². The van der Waals surface area contributed by atoms with Crippen molar-refractivity contribution in [2.75, 3.05) is 6.61 Å². The molecule has 0 bridgehead atoms. The number of unbranched alkanes of at least 4 members (excludes halogenated alkanes) is 1. The van der Waals surface area contributed by atoms with Crippen LogP contribution >= 0.6 is 0 Å². The Morgan fingerprint density at radius 3 is 1.97 bits per heavy atom. The standard InChI is InChI=1S/C29H32O7/c1-6-7-13-34-28(32)24-18(3)15-23(20(5)27(24)31)36-29(33)25-17(2)14-22(19(4)26(25)30)35-16-21-11-9-8-10-12-21/h8-12,14-15,30-31H,6-7,13,16H2,1-5H3. The van der Waals surface area contributed by atoms with Crippen LogP contribution in [0.3, 0.4) is 0 Å². The summed E-state index contributed by atoms with van der Waals surface area (Å²) in [6.07, 6.45) is 1.59. The van der Waals surface area contributed by atoms with Gasteiger partial charge in [0, 0.05) is 11.1 Å². The Hall–Kier alpha value is -4.00. The smallest absolute Gasteiger partial charge is 0.347 e. The molecule has 36 heavy (non-hydrogen) atoms. The van der Waals surface area contributed by atoms with Crippen LogP contribution in [-0.4, -0.2) is 28.8 Å². The van der Waals surface area contributed by atoms with Crippen LogP contribution < -0.4 is 9.47 Å². The van der Waals surface area contributed by atoms with E-state index in [0.717, 1.165) is 18.4 Å². The molecule has 0 saturated carbocycles. The maximum absolute atomic E-state index is 13.1. The molecule has 0 unspecified atom stereocenters. The van der Waals surface area contributed by atoms with Gasteiger partial charge in [0.25, 0.3) is 0 Å². The molecule has 0 heterocycles. The number of ether oxygens (including phenoxy) is 3. The zero-order valence-electron chi connectivity index (χ0n) is 21.3. The number of carbonyl (C=O) groups excluding carboxylic acids is 2. The molecule has 7 heteroatoms. The topological polar surface area (TPSA) is 102 Å². The number of esters is 2. The Balaban J connectivity index is 1.83. The highest BCUT2D eigenvalue weighted by molar-refractivity contribution is 5.98. The van der Waals surface area contributed by atoms with Crippen molar-refractivity contribution < 1.29 is 34.0 Å². The highest BCUT2D eigenvalue weighted by Crippen LogP contribution is 2.37. The van der Waals surface area contributed by atoms with Gasteiger partial charge in [-0.1, -0.05) is 43.7 Å². The third kappa shape index (κ3) is 5.79. The fourth-order valence-electron chi connectivity index (χ4n) is 3.77. The number of hydrogen-bond acceptors (Lipinski definition) is 7. The van der Waals surface area contributed by atoms with Gasteiger partial charge in [0.1, 0.15) is 40.7 Å². The molecule has 190 valence electrons. The maximum Gasteiger partial charge on any atom is 0.347 e. The lowest BCUT2D eigenvalue weighted by atomic mass is 10.0. The number of phenolic OH excluding ortho intramolecular Hbond substituents is 2. The zero-order valence-corrected chi connectivity index (χ0v) is 21.3. The molecule has 0 atom stereocenters. The third-order valence-electron chi connectivity index (χ3n) is 5.99. The van der Waals surface area contributed by atoms with Crippen molar-refractivity contribution in [3.05, 3.63) is 81.4 Å². The normalized spacial score (nSPS) is 10.7. The minimum atomic E-state index is -0.789. The van der Waals surface area contributed by atoms with Gasteiger partial charge in [-0.15, -0.1) is 0 Å². The molecule has 3 rings (SSSR count). The first kappa shape index (κ1) is 26.6. The van der Waals surface area contributed by atoms with Crippen LogP contribution in [0.1, 0.15) is 68.3 Å². The number of aryl methyl sites for hydroxylation is 2. The molecule has 0 aliphatic carbocycles. The van der Waals surface area contributed by atoms with Gasteiger partial charge in [0.05, 0.1) is 6.61 Å². The van der Waals surface area contributed by atoms with Crippen LogP contribution in [0.15, 0.2) is 42.5 Å². The zero-order chi connectivity index (χ0) is 26.4. The third-order valence-corrected chi connectivity index (χ3v) is 5.99. The van der Waals surface area contributed by atoms with E-state index < -0.39 is 11.9 Å². The average Bonchev–Trinajstić information content (AvgIpc) is 2.84. The molecule has 0 spiro atoms. The number of aromatic hydroxyl groups is 2. The van der Waals surface area contributed by atoms with Crippen LogP contribution in [0, 0.1) is 27.7 Å². The highest BCUT2D eigenvalue weighted by Gasteiger charge is 2.25. The molecule has 0 aromatic heterocycles. The molecule has 0 radical (unpaired) electrons. The van der Waals surface area contributed by atoms with Gasteiger partial charge in [0.2, 0.25) is 0 Å². The van der Waals surface area contributed by atoms with Crippen molar-refractivity contribution in [3.63, 3.8) is 0 Å². The Morgan fingerprint density at radius 2 is 1.36 bits per heavy atom. The van der Waals surface area contributed by atoms with E-state index in [1.54, 1.807) is 33.8 Å². The summed E-state index contributed by atoms with van der Waals surface area (Å²) in [5.74, 6) is -1.42. The first-order valence-electron chi connectivity index (χ1n) is 11.9. The molecule has 0 saturated heterocycles. The number of phenols is 2. The van der Waals surface area contributed by atoms with Crippen LogP contribution in [-0.2, 0) is 11.3 Å². The van der Waals surface area contributed by atoms with Crippen LogP contribution in [0.5, 0.6) is 23.0 Å². The fraction of sp³-hybridized carbons (Fsp3) is 0.310. The molecule has 0 aliphatic rings. The minimum Gasteiger partial charge on any atom is -0.507 e. The average molecular weight is 493 g/mol. The Morgan fingerprint density at radius 1 is 0.806 bits per heavy atom. The molecule has 3 aromatic carbocycles. The van der Waals surface area contributed by atoms with Crippen LogP contribution in [0.4, 0.5) is 0 Å². The molecule has 0 fully saturated rings. The molecule has 3 aromatic rings. The van der Waals surface area contributed by atoms with Crippen LogP contribution in [0.2, 0.25) is 0 Å². The number of rotatable bonds is 9.